The van der Waals surface area contributed by atoms with E-state index in [1.54, 1.807) is 0 Å². The molecule has 0 amide bonds. The molecule has 0 radical (unpaired) electrons. The molecule has 0 atom stereocenters. The molecule has 0 spiro atoms. The van der Waals surface area contributed by atoms with Crippen molar-refractivity contribution in [2.45, 2.75) is 19.8 Å². The molecule has 0 fully saturated rings. The Morgan fingerprint density at radius 3 is 2.67 bits per heavy atom. The minimum atomic E-state index is 0.949. The highest BCUT2D eigenvalue weighted by atomic mass is 14.0. The Hall–Kier alpha value is -1.74. The minimum absolute atomic E-state index is 0.949. The monoisotopic (exact) mass is 194 g/mol. The third-order valence-corrected chi connectivity index (χ3v) is 2.58. The lowest BCUT2D eigenvalue weighted by Gasteiger charge is -2.03. The Morgan fingerprint density at radius 1 is 1.00 bits per heavy atom. The standard InChI is InChI=1S/C15H14/c1-2-3-4-8-13-10-7-11-14-9-5-6-12-15(13)14/h5-7,9-12H,4,8H2,1H3. The van der Waals surface area contributed by atoms with Crippen molar-refractivity contribution < 1.29 is 0 Å². The summed E-state index contributed by atoms with van der Waals surface area (Å²) in [4.78, 5) is 0. The summed E-state index contributed by atoms with van der Waals surface area (Å²) in [6, 6.07) is 15.0. The molecular formula is C15H14. The normalized spacial score (nSPS) is 9.67. The van der Waals surface area contributed by atoms with Crippen LogP contribution in [0.2, 0.25) is 0 Å². The first-order valence-electron chi connectivity index (χ1n) is 5.28. The molecule has 74 valence electrons. The molecule has 0 aliphatic carbocycles. The van der Waals surface area contributed by atoms with E-state index in [1.165, 1.54) is 16.3 Å². The van der Waals surface area contributed by atoms with E-state index in [4.69, 9.17) is 0 Å². The maximum absolute atomic E-state index is 3.11. The predicted octanol–water partition coefficient (Wildman–Crippen LogP) is 3.80. The van der Waals surface area contributed by atoms with Crippen LogP contribution in [0.5, 0.6) is 0 Å². The van der Waals surface area contributed by atoms with Crippen molar-refractivity contribution in [3.63, 3.8) is 0 Å². The Labute approximate surface area is 90.9 Å². The maximum atomic E-state index is 3.11. The number of hydrogen-bond acceptors (Lipinski definition) is 0. The second-order valence-corrected chi connectivity index (χ2v) is 3.57. The van der Waals surface area contributed by atoms with Crippen LogP contribution in [-0.2, 0) is 6.42 Å². The fraction of sp³-hybridized carbons (Fsp3) is 0.200. The highest BCUT2D eigenvalue weighted by molar-refractivity contribution is 5.85. The van der Waals surface area contributed by atoms with Crippen molar-refractivity contribution in [1.29, 1.82) is 0 Å². The van der Waals surface area contributed by atoms with E-state index < -0.39 is 0 Å². The molecule has 0 aliphatic rings. The number of benzene rings is 2. The molecule has 2 aromatic rings. The van der Waals surface area contributed by atoms with Gasteiger partial charge in [-0.05, 0) is 29.7 Å². The molecule has 0 bridgehead atoms. The van der Waals surface area contributed by atoms with Crippen LogP contribution in [0, 0.1) is 11.8 Å². The summed E-state index contributed by atoms with van der Waals surface area (Å²) in [5.74, 6) is 6.05. The van der Waals surface area contributed by atoms with Gasteiger partial charge in [0.25, 0.3) is 0 Å². The average molecular weight is 194 g/mol. The van der Waals surface area contributed by atoms with Gasteiger partial charge in [0.1, 0.15) is 0 Å². The van der Waals surface area contributed by atoms with Gasteiger partial charge in [-0.15, -0.1) is 11.8 Å². The molecular weight excluding hydrogens is 180 g/mol. The van der Waals surface area contributed by atoms with E-state index in [-0.39, 0.29) is 0 Å². The summed E-state index contributed by atoms with van der Waals surface area (Å²) in [6.07, 6.45) is 1.99. The number of fused-ring (bicyclic) bond motifs is 1. The third-order valence-electron chi connectivity index (χ3n) is 2.58. The topological polar surface area (TPSA) is 0 Å². The quantitative estimate of drug-likeness (QED) is 0.638. The summed E-state index contributed by atoms with van der Waals surface area (Å²) in [5.41, 5.74) is 1.40. The lowest BCUT2D eigenvalue weighted by Crippen LogP contribution is -1.85. The smallest absolute Gasteiger partial charge is 0.0129 e. The van der Waals surface area contributed by atoms with Gasteiger partial charge in [-0.3, -0.25) is 0 Å². The third kappa shape index (κ3) is 2.19. The van der Waals surface area contributed by atoms with Gasteiger partial charge >= 0.3 is 0 Å². The summed E-state index contributed by atoms with van der Waals surface area (Å²) in [6.45, 7) is 1.89. The van der Waals surface area contributed by atoms with Crippen molar-refractivity contribution >= 4 is 10.8 Å². The first-order valence-corrected chi connectivity index (χ1v) is 5.28. The van der Waals surface area contributed by atoms with E-state index in [0.717, 1.165) is 12.8 Å². The Balaban J connectivity index is 2.36. The first kappa shape index (κ1) is 9.80. The molecule has 0 unspecified atom stereocenters. The molecule has 2 aromatic carbocycles. The van der Waals surface area contributed by atoms with Gasteiger partial charge in [-0.25, -0.2) is 0 Å². The van der Waals surface area contributed by atoms with Gasteiger partial charge in [0, 0.05) is 6.42 Å². The number of aryl methyl sites for hydroxylation is 1. The minimum Gasteiger partial charge on any atom is -0.107 e. The maximum Gasteiger partial charge on any atom is 0.0129 e. The fourth-order valence-corrected chi connectivity index (χ4v) is 1.83. The molecule has 0 saturated carbocycles. The molecule has 0 heteroatoms. The highest BCUT2D eigenvalue weighted by Crippen LogP contribution is 2.19. The Bertz CT molecular complexity index is 507. The van der Waals surface area contributed by atoms with Crippen molar-refractivity contribution in [1.82, 2.24) is 0 Å². The van der Waals surface area contributed by atoms with Crippen LogP contribution in [-0.4, -0.2) is 0 Å². The highest BCUT2D eigenvalue weighted by Gasteiger charge is 1.98. The zero-order valence-electron chi connectivity index (χ0n) is 8.96. The number of hydrogen-bond donors (Lipinski definition) is 0. The van der Waals surface area contributed by atoms with Gasteiger partial charge in [-0.1, -0.05) is 42.5 Å². The van der Waals surface area contributed by atoms with Crippen LogP contribution in [0.25, 0.3) is 10.8 Å². The van der Waals surface area contributed by atoms with E-state index in [1.807, 2.05) is 6.92 Å². The lowest BCUT2D eigenvalue weighted by molar-refractivity contribution is 1.04. The molecule has 2 rings (SSSR count). The molecule has 0 aromatic heterocycles. The van der Waals surface area contributed by atoms with Crippen LogP contribution in [0.3, 0.4) is 0 Å². The fourth-order valence-electron chi connectivity index (χ4n) is 1.83. The molecule has 0 heterocycles. The summed E-state index contributed by atoms with van der Waals surface area (Å²) >= 11 is 0. The van der Waals surface area contributed by atoms with Gasteiger partial charge < -0.3 is 0 Å². The molecule has 0 N–H and O–H groups in total. The zero-order valence-corrected chi connectivity index (χ0v) is 8.96. The van der Waals surface area contributed by atoms with E-state index >= 15 is 0 Å². The molecule has 0 aliphatic heterocycles. The van der Waals surface area contributed by atoms with Crippen LogP contribution < -0.4 is 0 Å². The molecule has 0 saturated heterocycles. The summed E-state index contributed by atoms with van der Waals surface area (Å²) < 4.78 is 0. The van der Waals surface area contributed by atoms with Crippen molar-refractivity contribution in [2.24, 2.45) is 0 Å². The van der Waals surface area contributed by atoms with Gasteiger partial charge in [0.15, 0.2) is 0 Å². The van der Waals surface area contributed by atoms with Crippen molar-refractivity contribution in [2.75, 3.05) is 0 Å². The van der Waals surface area contributed by atoms with Gasteiger partial charge in [-0.2, -0.15) is 0 Å². The largest absolute Gasteiger partial charge is 0.107 e. The van der Waals surface area contributed by atoms with Crippen molar-refractivity contribution in [3.05, 3.63) is 48.0 Å². The SMILES string of the molecule is CC#CCCc1cccc2ccccc12. The van der Waals surface area contributed by atoms with E-state index in [2.05, 4.69) is 54.3 Å². The average Bonchev–Trinajstić information content (AvgIpc) is 2.30. The van der Waals surface area contributed by atoms with Gasteiger partial charge in [0.05, 0.1) is 0 Å². The zero-order chi connectivity index (χ0) is 10.5. The second kappa shape index (κ2) is 4.66. The van der Waals surface area contributed by atoms with E-state index in [9.17, 15) is 0 Å². The number of rotatable bonds is 2. The van der Waals surface area contributed by atoms with Crippen molar-refractivity contribution in [3.8, 4) is 11.8 Å². The second-order valence-electron chi connectivity index (χ2n) is 3.57. The Kier molecular flexibility index (Phi) is 3.05. The predicted molar refractivity (Wildman–Crippen MR) is 65.7 cm³/mol. The summed E-state index contributed by atoms with van der Waals surface area (Å²) in [5, 5.41) is 2.68. The molecule has 0 nitrogen and oxygen atoms in total. The lowest BCUT2D eigenvalue weighted by atomic mass is 10.0. The van der Waals surface area contributed by atoms with Crippen LogP contribution in [0.15, 0.2) is 42.5 Å². The van der Waals surface area contributed by atoms with Crippen LogP contribution >= 0.6 is 0 Å². The summed E-state index contributed by atoms with van der Waals surface area (Å²) in [7, 11) is 0. The Morgan fingerprint density at radius 2 is 1.80 bits per heavy atom. The molecule has 15 heavy (non-hydrogen) atoms. The van der Waals surface area contributed by atoms with Crippen LogP contribution in [0.1, 0.15) is 18.9 Å². The van der Waals surface area contributed by atoms with E-state index in [0.29, 0.717) is 0 Å². The van der Waals surface area contributed by atoms with Gasteiger partial charge in [0.2, 0.25) is 0 Å². The van der Waals surface area contributed by atoms with Crippen LogP contribution in [0.4, 0.5) is 0 Å². The first-order chi connectivity index (χ1) is 7.42.